The lowest BCUT2D eigenvalue weighted by atomic mass is 9.98. The smallest absolute Gasteiger partial charge is 0.407 e. The van der Waals surface area contributed by atoms with Crippen LogP contribution in [-0.4, -0.2) is 54.4 Å². The lowest BCUT2D eigenvalue weighted by Gasteiger charge is -2.22. The fourth-order valence-corrected chi connectivity index (χ4v) is 4.74. The van der Waals surface area contributed by atoms with Crippen molar-refractivity contribution in [2.75, 3.05) is 20.2 Å². The summed E-state index contributed by atoms with van der Waals surface area (Å²) in [6.45, 7) is 1.22. The van der Waals surface area contributed by atoms with Crippen LogP contribution in [0.3, 0.4) is 0 Å². The van der Waals surface area contributed by atoms with Crippen LogP contribution in [0.1, 0.15) is 42.7 Å². The third kappa shape index (κ3) is 4.19. The molecule has 0 bridgehead atoms. The van der Waals surface area contributed by atoms with Crippen LogP contribution in [0.25, 0.3) is 11.1 Å². The van der Waals surface area contributed by atoms with E-state index in [2.05, 4.69) is 41.5 Å². The maximum atomic E-state index is 12.4. The molecule has 6 nitrogen and oxygen atoms in total. The molecule has 1 saturated heterocycles. The van der Waals surface area contributed by atoms with Gasteiger partial charge in [-0.2, -0.15) is 0 Å². The van der Waals surface area contributed by atoms with Crippen LogP contribution in [0.5, 0.6) is 0 Å². The van der Waals surface area contributed by atoms with Gasteiger partial charge in [0.25, 0.3) is 0 Å². The molecule has 2 atom stereocenters. The van der Waals surface area contributed by atoms with Crippen LogP contribution in [0.4, 0.5) is 4.79 Å². The monoisotopic (exact) mass is 408 g/mol. The average molecular weight is 408 g/mol. The van der Waals surface area contributed by atoms with E-state index in [0.717, 1.165) is 48.1 Å². The number of carboxylic acid groups (broad SMARTS) is 1. The largest absolute Gasteiger partial charge is 0.480 e. The Morgan fingerprint density at radius 2 is 1.77 bits per heavy atom. The van der Waals surface area contributed by atoms with E-state index in [1.54, 1.807) is 0 Å². The first-order chi connectivity index (χ1) is 14.5. The second-order valence-corrected chi connectivity index (χ2v) is 8.21. The number of benzene rings is 2. The van der Waals surface area contributed by atoms with Gasteiger partial charge in [-0.1, -0.05) is 48.5 Å². The third-order valence-corrected chi connectivity index (χ3v) is 6.39. The summed E-state index contributed by atoms with van der Waals surface area (Å²) >= 11 is 0. The Balaban J connectivity index is 1.36. The topological polar surface area (TPSA) is 78.9 Å². The van der Waals surface area contributed by atoms with Crippen molar-refractivity contribution in [1.29, 1.82) is 0 Å². The molecule has 2 aliphatic rings. The summed E-state index contributed by atoms with van der Waals surface area (Å²) in [6.07, 6.45) is 2.68. The summed E-state index contributed by atoms with van der Waals surface area (Å²) in [5.41, 5.74) is 4.58. The van der Waals surface area contributed by atoms with Crippen molar-refractivity contribution < 1.29 is 19.4 Å². The molecule has 0 saturated carbocycles. The highest BCUT2D eigenvalue weighted by Gasteiger charge is 2.30. The number of hydrogen-bond acceptors (Lipinski definition) is 4. The Kier molecular flexibility index (Phi) is 6.04. The lowest BCUT2D eigenvalue weighted by molar-refractivity contribution is -0.139. The first kappa shape index (κ1) is 20.4. The maximum absolute atomic E-state index is 12.4. The van der Waals surface area contributed by atoms with Crippen LogP contribution < -0.4 is 5.32 Å². The van der Waals surface area contributed by atoms with Crippen LogP contribution >= 0.6 is 0 Å². The number of ether oxygens (including phenoxy) is 1. The number of nitrogens with one attached hydrogen (secondary N) is 1. The van der Waals surface area contributed by atoms with Crippen molar-refractivity contribution in [3.63, 3.8) is 0 Å². The third-order valence-electron chi connectivity index (χ3n) is 6.39. The Labute approximate surface area is 176 Å². The molecule has 0 radical (unpaired) electrons. The number of fused-ring (bicyclic) bond motifs is 3. The molecule has 2 aromatic carbocycles. The molecule has 1 amide bonds. The standard InChI is InChI=1S/C24H28N2O4/c1-26-14-6-7-16(26)12-13-22(23(27)28)25-24(29)30-15-21-19-10-4-2-8-17(19)18-9-3-5-11-20(18)21/h2-5,8-11,16,21-22H,6-7,12-15H2,1H3,(H,25,29)(H,27,28). The second-order valence-electron chi connectivity index (χ2n) is 8.21. The highest BCUT2D eigenvalue weighted by atomic mass is 16.5. The predicted octanol–water partition coefficient (Wildman–Crippen LogP) is 3.85. The molecule has 2 aromatic rings. The van der Waals surface area contributed by atoms with Crippen molar-refractivity contribution in [2.24, 2.45) is 0 Å². The number of alkyl carbamates (subject to hydrolysis) is 1. The summed E-state index contributed by atoms with van der Waals surface area (Å²) in [4.78, 5) is 26.3. The average Bonchev–Trinajstić information content (AvgIpc) is 3.30. The van der Waals surface area contributed by atoms with E-state index in [4.69, 9.17) is 4.74 Å². The van der Waals surface area contributed by atoms with Crippen molar-refractivity contribution in [2.45, 2.75) is 43.7 Å². The van der Waals surface area contributed by atoms with Crippen molar-refractivity contribution in [3.05, 3.63) is 59.7 Å². The van der Waals surface area contributed by atoms with Gasteiger partial charge in [0.1, 0.15) is 12.6 Å². The minimum absolute atomic E-state index is 0.0430. The normalized spacial score (nSPS) is 19.2. The maximum Gasteiger partial charge on any atom is 0.407 e. The number of carbonyl (C=O) groups excluding carboxylic acids is 1. The number of aliphatic carboxylic acids is 1. The molecule has 1 fully saturated rings. The van der Waals surface area contributed by atoms with Gasteiger partial charge in [-0.25, -0.2) is 9.59 Å². The quantitative estimate of drug-likeness (QED) is 0.728. The molecule has 4 rings (SSSR count). The summed E-state index contributed by atoms with van der Waals surface area (Å²) in [5.74, 6) is -1.07. The number of carboxylic acids is 1. The van der Waals surface area contributed by atoms with Gasteiger partial charge in [-0.05, 0) is 61.5 Å². The highest BCUT2D eigenvalue weighted by molar-refractivity contribution is 5.81. The van der Waals surface area contributed by atoms with Gasteiger partial charge in [0.15, 0.2) is 0 Å². The van der Waals surface area contributed by atoms with Gasteiger partial charge in [0.05, 0.1) is 0 Å². The van der Waals surface area contributed by atoms with Gasteiger partial charge in [0, 0.05) is 12.0 Å². The van der Waals surface area contributed by atoms with Crippen LogP contribution in [0.15, 0.2) is 48.5 Å². The highest BCUT2D eigenvalue weighted by Crippen LogP contribution is 2.44. The minimum atomic E-state index is -1.02. The summed E-state index contributed by atoms with van der Waals surface area (Å²) in [5, 5.41) is 12.1. The van der Waals surface area contributed by atoms with Crippen molar-refractivity contribution in [1.82, 2.24) is 10.2 Å². The zero-order valence-electron chi connectivity index (χ0n) is 17.2. The number of hydrogen-bond donors (Lipinski definition) is 2. The van der Waals surface area contributed by atoms with Gasteiger partial charge >= 0.3 is 12.1 Å². The van der Waals surface area contributed by atoms with E-state index in [1.165, 1.54) is 0 Å². The van der Waals surface area contributed by atoms with E-state index in [9.17, 15) is 14.7 Å². The minimum Gasteiger partial charge on any atom is -0.480 e. The molecule has 6 heteroatoms. The SMILES string of the molecule is CN1CCCC1CCC(NC(=O)OCC1c2ccccc2-c2ccccc21)C(=O)O. The van der Waals surface area contributed by atoms with Crippen LogP contribution in [0, 0.1) is 0 Å². The van der Waals surface area contributed by atoms with E-state index in [0.29, 0.717) is 12.5 Å². The molecule has 0 spiro atoms. The van der Waals surface area contributed by atoms with Gasteiger partial charge < -0.3 is 20.1 Å². The summed E-state index contributed by atoms with van der Waals surface area (Å²) < 4.78 is 5.49. The van der Waals surface area contributed by atoms with Gasteiger partial charge in [-0.3, -0.25) is 0 Å². The number of amides is 1. The summed E-state index contributed by atoms with van der Waals surface area (Å²) in [6, 6.07) is 15.7. The van der Waals surface area contributed by atoms with E-state index < -0.39 is 18.1 Å². The molecular weight excluding hydrogens is 380 g/mol. The van der Waals surface area contributed by atoms with Gasteiger partial charge in [-0.15, -0.1) is 0 Å². The first-order valence-electron chi connectivity index (χ1n) is 10.6. The molecule has 1 aliphatic carbocycles. The fourth-order valence-electron chi connectivity index (χ4n) is 4.74. The van der Waals surface area contributed by atoms with Crippen molar-refractivity contribution >= 4 is 12.1 Å². The number of nitrogens with zero attached hydrogens (tertiary/aromatic N) is 1. The Bertz CT molecular complexity index is 883. The first-order valence-corrected chi connectivity index (χ1v) is 10.6. The molecule has 2 N–H and O–H groups in total. The molecule has 158 valence electrons. The predicted molar refractivity (Wildman–Crippen MR) is 115 cm³/mol. The Morgan fingerprint density at radius 3 is 2.33 bits per heavy atom. The lowest BCUT2D eigenvalue weighted by Crippen LogP contribution is -2.42. The zero-order chi connectivity index (χ0) is 21.1. The molecule has 0 aromatic heterocycles. The number of rotatable bonds is 7. The fraction of sp³-hybridized carbons (Fsp3) is 0.417. The molecule has 1 heterocycles. The van der Waals surface area contributed by atoms with E-state index in [1.807, 2.05) is 24.3 Å². The van der Waals surface area contributed by atoms with E-state index >= 15 is 0 Å². The van der Waals surface area contributed by atoms with Crippen molar-refractivity contribution in [3.8, 4) is 11.1 Å². The zero-order valence-corrected chi connectivity index (χ0v) is 17.2. The molecule has 30 heavy (non-hydrogen) atoms. The van der Waals surface area contributed by atoms with Crippen LogP contribution in [0.2, 0.25) is 0 Å². The number of likely N-dealkylation sites (tertiary alicyclic amines) is 1. The van der Waals surface area contributed by atoms with Crippen LogP contribution in [-0.2, 0) is 9.53 Å². The second kappa shape index (κ2) is 8.88. The Morgan fingerprint density at radius 1 is 1.13 bits per heavy atom. The number of carbonyl (C=O) groups is 2. The molecule has 2 unspecified atom stereocenters. The summed E-state index contributed by atoms with van der Waals surface area (Å²) in [7, 11) is 2.06. The Hall–Kier alpha value is -2.86. The molecule has 1 aliphatic heterocycles. The molecular formula is C24H28N2O4. The van der Waals surface area contributed by atoms with Gasteiger partial charge in [0.2, 0.25) is 0 Å². The van der Waals surface area contributed by atoms with E-state index in [-0.39, 0.29) is 12.5 Å².